The van der Waals surface area contributed by atoms with Crippen molar-refractivity contribution in [1.29, 1.82) is 0 Å². The normalized spacial score (nSPS) is 25.3. The van der Waals surface area contributed by atoms with Gasteiger partial charge in [-0.05, 0) is 43.5 Å². The first-order valence-electron chi connectivity index (χ1n) is 6.93. The minimum atomic E-state index is -0.309. The summed E-state index contributed by atoms with van der Waals surface area (Å²) in [6, 6.07) is 4.35. The zero-order valence-corrected chi connectivity index (χ0v) is 11.4. The number of rotatable bonds is 1. The molecule has 20 heavy (non-hydrogen) atoms. The Morgan fingerprint density at radius 1 is 1.45 bits per heavy atom. The first-order chi connectivity index (χ1) is 9.58. The maximum absolute atomic E-state index is 13.3. The molecule has 106 valence electrons. The lowest BCUT2D eigenvalue weighted by Gasteiger charge is -2.36. The Hall–Kier alpha value is -1.91. The highest BCUT2D eigenvalue weighted by atomic mass is 19.1. The highest BCUT2D eigenvalue weighted by Gasteiger charge is 2.42. The van der Waals surface area contributed by atoms with E-state index in [-0.39, 0.29) is 29.6 Å². The number of likely N-dealkylation sites (tertiary alicyclic amines) is 1. The third-order valence-corrected chi connectivity index (χ3v) is 4.27. The van der Waals surface area contributed by atoms with E-state index in [9.17, 15) is 14.0 Å². The van der Waals surface area contributed by atoms with Crippen molar-refractivity contribution >= 4 is 11.8 Å². The molecule has 2 saturated heterocycles. The van der Waals surface area contributed by atoms with Crippen LogP contribution in [-0.2, 0) is 4.79 Å². The van der Waals surface area contributed by atoms with Crippen LogP contribution in [0.15, 0.2) is 18.2 Å². The lowest BCUT2D eigenvalue weighted by molar-refractivity contribution is -0.123. The third-order valence-electron chi connectivity index (χ3n) is 4.27. The molecule has 3 rings (SSSR count). The van der Waals surface area contributed by atoms with E-state index in [2.05, 4.69) is 5.32 Å². The van der Waals surface area contributed by atoms with Gasteiger partial charge in [0.15, 0.2) is 0 Å². The molecule has 0 bridgehead atoms. The molecule has 2 fully saturated rings. The molecule has 0 spiro atoms. The lowest BCUT2D eigenvalue weighted by atomic mass is 9.91. The monoisotopic (exact) mass is 276 g/mol. The molecule has 2 amide bonds. The molecule has 0 radical (unpaired) electrons. The largest absolute Gasteiger partial charge is 0.354 e. The van der Waals surface area contributed by atoms with Gasteiger partial charge >= 0.3 is 0 Å². The van der Waals surface area contributed by atoms with Gasteiger partial charge in [-0.1, -0.05) is 0 Å². The summed E-state index contributed by atoms with van der Waals surface area (Å²) in [4.78, 5) is 26.1. The summed E-state index contributed by atoms with van der Waals surface area (Å²) in [7, 11) is 0. The van der Waals surface area contributed by atoms with E-state index >= 15 is 0 Å². The molecule has 2 heterocycles. The van der Waals surface area contributed by atoms with Gasteiger partial charge in [-0.2, -0.15) is 0 Å². The summed E-state index contributed by atoms with van der Waals surface area (Å²) in [5, 5.41) is 2.83. The number of nitrogens with one attached hydrogen (secondary N) is 1. The van der Waals surface area contributed by atoms with Crippen LogP contribution in [0.3, 0.4) is 0 Å². The molecule has 0 aliphatic carbocycles. The van der Waals surface area contributed by atoms with E-state index < -0.39 is 0 Å². The summed E-state index contributed by atoms with van der Waals surface area (Å²) in [5.41, 5.74) is 0.953. The number of benzene rings is 1. The molecule has 2 aliphatic heterocycles. The number of hydrogen-bond acceptors (Lipinski definition) is 2. The Labute approximate surface area is 117 Å². The summed E-state index contributed by atoms with van der Waals surface area (Å²) >= 11 is 0. The van der Waals surface area contributed by atoms with Crippen LogP contribution in [0.1, 0.15) is 28.8 Å². The molecule has 2 aliphatic rings. The Kier molecular flexibility index (Phi) is 3.20. The number of aryl methyl sites for hydroxylation is 1. The number of fused-ring (bicyclic) bond motifs is 1. The first kappa shape index (κ1) is 13.1. The van der Waals surface area contributed by atoms with E-state index in [1.807, 2.05) is 0 Å². The summed E-state index contributed by atoms with van der Waals surface area (Å²) in [6.07, 6.45) is 1.67. The summed E-state index contributed by atoms with van der Waals surface area (Å²) < 4.78 is 13.3. The van der Waals surface area contributed by atoms with Crippen molar-refractivity contribution in [3.05, 3.63) is 35.1 Å². The van der Waals surface area contributed by atoms with Crippen molar-refractivity contribution in [1.82, 2.24) is 10.2 Å². The Morgan fingerprint density at radius 2 is 2.25 bits per heavy atom. The smallest absolute Gasteiger partial charge is 0.254 e. The molecule has 1 aromatic carbocycles. The van der Waals surface area contributed by atoms with Crippen LogP contribution in [0, 0.1) is 18.7 Å². The van der Waals surface area contributed by atoms with Crippen LogP contribution in [0.5, 0.6) is 0 Å². The third kappa shape index (κ3) is 2.07. The molecular formula is C15H17FN2O2. The predicted molar refractivity (Wildman–Crippen MR) is 71.7 cm³/mol. The van der Waals surface area contributed by atoms with Gasteiger partial charge in [0.2, 0.25) is 5.91 Å². The standard InChI is InChI=1S/C15H17FN2O2/c1-9-7-10(4-5-12(9)16)15(20)18-6-2-3-11-13(18)8-17-14(11)19/h4-5,7,11,13H,2-3,6,8H2,1H3,(H,17,19). The predicted octanol–water partition coefficient (Wildman–Crippen LogP) is 1.48. The van der Waals surface area contributed by atoms with Gasteiger partial charge in [0.25, 0.3) is 5.91 Å². The number of piperidine rings is 1. The van der Waals surface area contributed by atoms with Gasteiger partial charge in [0, 0.05) is 18.7 Å². The van der Waals surface area contributed by atoms with Crippen molar-refractivity contribution in [2.75, 3.05) is 13.1 Å². The average Bonchev–Trinajstić information content (AvgIpc) is 2.83. The molecule has 0 saturated carbocycles. The van der Waals surface area contributed by atoms with Gasteiger partial charge in [0.05, 0.1) is 12.0 Å². The second-order valence-electron chi connectivity index (χ2n) is 5.52. The van der Waals surface area contributed by atoms with Crippen molar-refractivity contribution in [2.24, 2.45) is 5.92 Å². The Morgan fingerprint density at radius 3 is 3.00 bits per heavy atom. The molecule has 1 N–H and O–H groups in total. The van der Waals surface area contributed by atoms with Crippen molar-refractivity contribution in [3.63, 3.8) is 0 Å². The van der Waals surface area contributed by atoms with Gasteiger partial charge in [-0.15, -0.1) is 0 Å². The fourth-order valence-electron chi connectivity index (χ4n) is 3.15. The number of carbonyl (C=O) groups excluding carboxylic acids is 2. The van der Waals surface area contributed by atoms with E-state index in [0.29, 0.717) is 24.2 Å². The van der Waals surface area contributed by atoms with Gasteiger partial charge in [0.1, 0.15) is 5.82 Å². The van der Waals surface area contributed by atoms with Crippen LogP contribution >= 0.6 is 0 Å². The van der Waals surface area contributed by atoms with Gasteiger partial charge < -0.3 is 10.2 Å². The number of nitrogens with zero attached hydrogens (tertiary/aromatic N) is 1. The fraction of sp³-hybridized carbons (Fsp3) is 0.467. The molecule has 2 atom stereocenters. The average molecular weight is 276 g/mol. The van der Waals surface area contributed by atoms with Crippen LogP contribution in [-0.4, -0.2) is 35.8 Å². The van der Waals surface area contributed by atoms with Crippen molar-refractivity contribution < 1.29 is 14.0 Å². The highest BCUT2D eigenvalue weighted by molar-refractivity contribution is 5.95. The van der Waals surface area contributed by atoms with Crippen LogP contribution in [0.4, 0.5) is 4.39 Å². The fourth-order valence-corrected chi connectivity index (χ4v) is 3.15. The van der Waals surface area contributed by atoms with Crippen LogP contribution in [0.25, 0.3) is 0 Å². The molecular weight excluding hydrogens is 259 g/mol. The summed E-state index contributed by atoms with van der Waals surface area (Å²) in [5.74, 6) is -0.466. The van der Waals surface area contributed by atoms with Gasteiger partial charge in [-0.25, -0.2) is 4.39 Å². The Balaban J connectivity index is 1.86. The maximum Gasteiger partial charge on any atom is 0.254 e. The van der Waals surface area contributed by atoms with Crippen molar-refractivity contribution in [2.45, 2.75) is 25.8 Å². The lowest BCUT2D eigenvalue weighted by Crippen LogP contribution is -2.48. The number of carbonyl (C=O) groups is 2. The quantitative estimate of drug-likeness (QED) is 0.844. The van der Waals surface area contributed by atoms with Crippen molar-refractivity contribution in [3.8, 4) is 0 Å². The number of amides is 2. The second kappa shape index (κ2) is 4.89. The number of halogens is 1. The maximum atomic E-state index is 13.3. The SMILES string of the molecule is Cc1cc(C(=O)N2CCCC3C(=O)NCC32)ccc1F. The van der Waals surface area contributed by atoms with Gasteiger partial charge in [-0.3, -0.25) is 9.59 Å². The van der Waals surface area contributed by atoms with Crippen LogP contribution < -0.4 is 5.32 Å². The molecule has 1 aromatic rings. The zero-order valence-electron chi connectivity index (χ0n) is 11.4. The minimum Gasteiger partial charge on any atom is -0.354 e. The zero-order chi connectivity index (χ0) is 14.3. The second-order valence-corrected chi connectivity index (χ2v) is 5.52. The van der Waals surface area contributed by atoms with E-state index in [0.717, 1.165) is 12.8 Å². The molecule has 0 aromatic heterocycles. The van der Waals surface area contributed by atoms with Crippen LogP contribution in [0.2, 0.25) is 0 Å². The first-order valence-corrected chi connectivity index (χ1v) is 6.93. The molecule has 2 unspecified atom stereocenters. The van der Waals surface area contributed by atoms with E-state index in [1.54, 1.807) is 17.9 Å². The summed E-state index contributed by atoms with van der Waals surface area (Å²) in [6.45, 7) is 2.83. The van der Waals surface area contributed by atoms with E-state index in [4.69, 9.17) is 0 Å². The molecule has 4 nitrogen and oxygen atoms in total. The molecule has 5 heteroatoms. The minimum absolute atomic E-state index is 0.0442. The van der Waals surface area contributed by atoms with E-state index in [1.165, 1.54) is 12.1 Å². The topological polar surface area (TPSA) is 49.4 Å². The number of hydrogen-bond donors (Lipinski definition) is 1. The highest BCUT2D eigenvalue weighted by Crippen LogP contribution is 2.28. The Bertz CT molecular complexity index is 573.